The molecule has 0 saturated heterocycles. The third kappa shape index (κ3) is 2.26. The van der Waals surface area contributed by atoms with Crippen LogP contribution in [0.25, 0.3) is 11.5 Å². The Bertz CT molecular complexity index is 504. The fourth-order valence-corrected chi connectivity index (χ4v) is 1.75. The normalized spacial score (nSPS) is 12.6. The molecule has 0 aliphatic carbocycles. The highest BCUT2D eigenvalue weighted by atomic mass is 35.5. The lowest BCUT2D eigenvalue weighted by Gasteiger charge is -2.02. The minimum Gasteiger partial charge on any atom is -0.398 e. The Morgan fingerprint density at radius 1 is 1.47 bits per heavy atom. The Morgan fingerprint density at radius 3 is 2.88 bits per heavy atom. The number of rotatable bonds is 3. The van der Waals surface area contributed by atoms with Crippen LogP contribution in [0.5, 0.6) is 0 Å². The standard InChI is InChI=1S/C12H14ClN3O/c1-3-7(2)11-15-12(17-16-11)10-8(13)5-4-6-9(10)14/h4-7H,3,14H2,1-2H3. The van der Waals surface area contributed by atoms with E-state index in [2.05, 4.69) is 17.1 Å². The molecule has 1 heterocycles. The van der Waals surface area contributed by atoms with Crippen LogP contribution >= 0.6 is 11.6 Å². The SMILES string of the molecule is CCC(C)c1noc(-c2c(N)cccc2Cl)n1. The smallest absolute Gasteiger partial charge is 0.261 e. The highest BCUT2D eigenvalue weighted by Gasteiger charge is 2.17. The molecule has 0 aliphatic rings. The zero-order valence-corrected chi connectivity index (χ0v) is 10.5. The number of nitrogens with two attached hydrogens (primary N) is 1. The van der Waals surface area contributed by atoms with E-state index in [0.717, 1.165) is 6.42 Å². The summed E-state index contributed by atoms with van der Waals surface area (Å²) in [5.74, 6) is 1.32. The largest absolute Gasteiger partial charge is 0.398 e. The molecule has 2 rings (SSSR count). The van der Waals surface area contributed by atoms with Crippen molar-refractivity contribution in [1.29, 1.82) is 0 Å². The summed E-state index contributed by atoms with van der Waals surface area (Å²) in [7, 11) is 0. The van der Waals surface area contributed by atoms with Crippen LogP contribution in [0.4, 0.5) is 5.69 Å². The molecule has 0 amide bonds. The average Bonchev–Trinajstić information content (AvgIpc) is 2.77. The van der Waals surface area contributed by atoms with Crippen LogP contribution in [0.1, 0.15) is 32.0 Å². The van der Waals surface area contributed by atoms with Crippen LogP contribution in [-0.4, -0.2) is 10.1 Å². The van der Waals surface area contributed by atoms with E-state index in [1.165, 1.54) is 0 Å². The van der Waals surface area contributed by atoms with E-state index in [-0.39, 0.29) is 5.92 Å². The molecule has 0 aliphatic heterocycles. The Kier molecular flexibility index (Phi) is 3.33. The summed E-state index contributed by atoms with van der Waals surface area (Å²) in [6, 6.07) is 5.29. The summed E-state index contributed by atoms with van der Waals surface area (Å²) in [6.45, 7) is 4.12. The van der Waals surface area contributed by atoms with E-state index in [4.69, 9.17) is 21.9 Å². The zero-order chi connectivity index (χ0) is 12.4. The van der Waals surface area contributed by atoms with Gasteiger partial charge >= 0.3 is 0 Å². The molecule has 0 radical (unpaired) electrons. The van der Waals surface area contributed by atoms with Crippen molar-refractivity contribution in [1.82, 2.24) is 10.1 Å². The minimum absolute atomic E-state index is 0.260. The number of aromatic nitrogens is 2. The second-order valence-electron chi connectivity index (χ2n) is 3.97. The summed E-state index contributed by atoms with van der Waals surface area (Å²) in [5, 5.41) is 4.46. The summed E-state index contributed by atoms with van der Waals surface area (Å²) in [5.41, 5.74) is 7.01. The van der Waals surface area contributed by atoms with E-state index < -0.39 is 0 Å². The Balaban J connectivity index is 2.44. The molecule has 0 fully saturated rings. The second-order valence-corrected chi connectivity index (χ2v) is 4.38. The van der Waals surface area contributed by atoms with Crippen molar-refractivity contribution in [3.8, 4) is 11.5 Å². The van der Waals surface area contributed by atoms with Gasteiger partial charge in [0.2, 0.25) is 0 Å². The quantitative estimate of drug-likeness (QED) is 0.848. The number of halogens is 1. The molecule has 1 unspecified atom stereocenters. The maximum Gasteiger partial charge on any atom is 0.261 e. The number of nitrogens with zero attached hydrogens (tertiary/aromatic N) is 2. The minimum atomic E-state index is 0.260. The number of anilines is 1. The monoisotopic (exact) mass is 251 g/mol. The molecule has 90 valence electrons. The third-order valence-electron chi connectivity index (χ3n) is 2.75. The Morgan fingerprint density at radius 2 is 2.24 bits per heavy atom. The summed E-state index contributed by atoms with van der Waals surface area (Å²) in [6.07, 6.45) is 0.955. The topological polar surface area (TPSA) is 64.9 Å². The molecule has 1 aromatic heterocycles. The van der Waals surface area contributed by atoms with Crippen molar-refractivity contribution in [3.63, 3.8) is 0 Å². The molecule has 0 saturated carbocycles. The van der Waals surface area contributed by atoms with Gasteiger partial charge < -0.3 is 10.3 Å². The van der Waals surface area contributed by atoms with Gasteiger partial charge in [-0.05, 0) is 18.6 Å². The van der Waals surface area contributed by atoms with Crippen molar-refractivity contribution >= 4 is 17.3 Å². The molecular weight excluding hydrogens is 238 g/mol. The van der Waals surface area contributed by atoms with Crippen molar-refractivity contribution in [2.45, 2.75) is 26.2 Å². The van der Waals surface area contributed by atoms with Crippen LogP contribution in [0.2, 0.25) is 5.02 Å². The highest BCUT2D eigenvalue weighted by Crippen LogP contribution is 2.32. The molecule has 1 aromatic carbocycles. The van der Waals surface area contributed by atoms with Gasteiger partial charge in [0.05, 0.1) is 10.6 Å². The summed E-state index contributed by atoms with van der Waals surface area (Å²) < 4.78 is 5.21. The van der Waals surface area contributed by atoms with Gasteiger partial charge in [-0.1, -0.05) is 36.7 Å². The molecule has 1 atom stereocenters. The fraction of sp³-hybridized carbons (Fsp3) is 0.333. The van der Waals surface area contributed by atoms with Gasteiger partial charge in [0.15, 0.2) is 5.82 Å². The van der Waals surface area contributed by atoms with Gasteiger partial charge in [0.1, 0.15) is 0 Å². The lowest BCUT2D eigenvalue weighted by molar-refractivity contribution is 0.416. The number of hydrogen-bond acceptors (Lipinski definition) is 4. The van der Waals surface area contributed by atoms with Gasteiger partial charge in [0, 0.05) is 11.6 Å². The Hall–Kier alpha value is -1.55. The number of nitrogen functional groups attached to an aromatic ring is 1. The summed E-state index contributed by atoms with van der Waals surface area (Å²) >= 11 is 6.08. The lowest BCUT2D eigenvalue weighted by atomic mass is 10.1. The molecule has 0 spiro atoms. The second kappa shape index (κ2) is 4.75. The first kappa shape index (κ1) is 11.9. The maximum atomic E-state index is 6.08. The average molecular weight is 252 g/mol. The van der Waals surface area contributed by atoms with Gasteiger partial charge in [-0.2, -0.15) is 4.98 Å². The molecule has 0 bridgehead atoms. The van der Waals surface area contributed by atoms with E-state index in [1.807, 2.05) is 6.92 Å². The van der Waals surface area contributed by atoms with Gasteiger partial charge in [0.25, 0.3) is 5.89 Å². The zero-order valence-electron chi connectivity index (χ0n) is 9.77. The van der Waals surface area contributed by atoms with Crippen molar-refractivity contribution in [3.05, 3.63) is 29.0 Å². The number of hydrogen-bond donors (Lipinski definition) is 1. The van der Waals surface area contributed by atoms with Crippen LogP contribution in [0, 0.1) is 0 Å². The van der Waals surface area contributed by atoms with Crippen molar-refractivity contribution in [2.24, 2.45) is 0 Å². The van der Waals surface area contributed by atoms with E-state index in [9.17, 15) is 0 Å². The maximum absolute atomic E-state index is 6.08. The van der Waals surface area contributed by atoms with E-state index in [0.29, 0.717) is 28.0 Å². The third-order valence-corrected chi connectivity index (χ3v) is 3.07. The number of benzene rings is 1. The van der Waals surface area contributed by atoms with Crippen LogP contribution in [0.3, 0.4) is 0 Å². The molecule has 2 aromatic rings. The fourth-order valence-electron chi connectivity index (χ4n) is 1.49. The van der Waals surface area contributed by atoms with E-state index >= 15 is 0 Å². The van der Waals surface area contributed by atoms with Crippen molar-refractivity contribution in [2.75, 3.05) is 5.73 Å². The molecular formula is C12H14ClN3O. The van der Waals surface area contributed by atoms with Crippen LogP contribution in [-0.2, 0) is 0 Å². The van der Waals surface area contributed by atoms with Crippen molar-refractivity contribution < 1.29 is 4.52 Å². The lowest BCUT2D eigenvalue weighted by Crippen LogP contribution is -1.94. The predicted octanol–water partition coefficient (Wildman–Crippen LogP) is 3.49. The first-order chi connectivity index (χ1) is 8.13. The molecule has 17 heavy (non-hydrogen) atoms. The first-order valence-corrected chi connectivity index (χ1v) is 5.89. The van der Waals surface area contributed by atoms with Crippen LogP contribution < -0.4 is 5.73 Å². The van der Waals surface area contributed by atoms with E-state index in [1.54, 1.807) is 18.2 Å². The molecule has 2 N–H and O–H groups in total. The van der Waals surface area contributed by atoms with Gasteiger partial charge in [-0.3, -0.25) is 0 Å². The molecule has 4 nitrogen and oxygen atoms in total. The van der Waals surface area contributed by atoms with Gasteiger partial charge in [-0.15, -0.1) is 0 Å². The van der Waals surface area contributed by atoms with Crippen LogP contribution in [0.15, 0.2) is 22.7 Å². The van der Waals surface area contributed by atoms with Gasteiger partial charge in [-0.25, -0.2) is 0 Å². The summed E-state index contributed by atoms with van der Waals surface area (Å²) in [4.78, 5) is 4.33. The highest BCUT2D eigenvalue weighted by molar-refractivity contribution is 6.33. The first-order valence-electron chi connectivity index (χ1n) is 5.51. The predicted molar refractivity (Wildman–Crippen MR) is 67.9 cm³/mol. The molecule has 5 heteroatoms. The Labute approximate surface area is 105 Å².